The summed E-state index contributed by atoms with van der Waals surface area (Å²) in [5, 5.41) is 8.39. The molecule has 0 atom stereocenters. The number of ether oxygens (including phenoxy) is 8. The van der Waals surface area contributed by atoms with Gasteiger partial charge in [0.25, 0.3) is 0 Å². The van der Waals surface area contributed by atoms with Crippen molar-refractivity contribution in [2.24, 2.45) is 0 Å². The Morgan fingerprint density at radius 3 is 1.36 bits per heavy atom. The number of para-hydroxylation sites is 2. The van der Waals surface area contributed by atoms with E-state index in [0.717, 1.165) is 0 Å². The Morgan fingerprint density at radius 1 is 0.606 bits per heavy atom. The van der Waals surface area contributed by atoms with Crippen LogP contribution in [0.4, 0.5) is 5.69 Å². The van der Waals surface area contributed by atoms with E-state index < -0.39 is 5.97 Å². The molecule has 0 bridgehead atoms. The molecule has 190 valence electrons. The first kappa shape index (κ1) is 29.0. The van der Waals surface area contributed by atoms with Crippen LogP contribution >= 0.6 is 0 Å². The van der Waals surface area contributed by atoms with Crippen LogP contribution in [0.2, 0.25) is 0 Å². The van der Waals surface area contributed by atoms with E-state index >= 15 is 0 Å². The third kappa shape index (κ3) is 19.2. The molecule has 11 heteroatoms. The summed E-state index contributed by atoms with van der Waals surface area (Å²) >= 11 is 0. The second-order valence-corrected chi connectivity index (χ2v) is 6.51. The third-order valence-electron chi connectivity index (χ3n) is 3.86. The van der Waals surface area contributed by atoms with Gasteiger partial charge in [0.05, 0.1) is 91.6 Å². The molecule has 11 nitrogen and oxygen atoms in total. The molecule has 3 N–H and O–H groups in total. The van der Waals surface area contributed by atoms with Gasteiger partial charge >= 0.3 is 5.97 Å². The molecule has 0 unspecified atom stereocenters. The maximum atomic E-state index is 10.2. The molecule has 0 amide bonds. The van der Waals surface area contributed by atoms with Crippen molar-refractivity contribution in [2.75, 3.05) is 105 Å². The van der Waals surface area contributed by atoms with Crippen molar-refractivity contribution in [3.63, 3.8) is 0 Å². The van der Waals surface area contributed by atoms with Gasteiger partial charge in [0.1, 0.15) is 19.0 Å². The molecule has 0 aliphatic carbocycles. The number of carbonyl (C=O) groups is 1. The quantitative estimate of drug-likeness (QED) is 0.163. The molecule has 1 aromatic carbocycles. The number of hydrogen-bond acceptors (Lipinski definition) is 10. The van der Waals surface area contributed by atoms with E-state index in [0.29, 0.717) is 97.3 Å². The molecule has 0 radical (unpaired) electrons. The molecule has 33 heavy (non-hydrogen) atoms. The summed E-state index contributed by atoms with van der Waals surface area (Å²) in [7, 11) is 0. The molecular formula is C22H37NO10. The van der Waals surface area contributed by atoms with Gasteiger partial charge in [-0.1, -0.05) is 12.1 Å². The number of carboxylic acid groups (broad SMARTS) is 1. The van der Waals surface area contributed by atoms with E-state index in [2.05, 4.69) is 0 Å². The molecule has 0 aliphatic heterocycles. The van der Waals surface area contributed by atoms with Crippen LogP contribution in [0.1, 0.15) is 0 Å². The van der Waals surface area contributed by atoms with Crippen LogP contribution in [0.25, 0.3) is 0 Å². The molecule has 1 rings (SSSR count). The largest absolute Gasteiger partial charge is 0.489 e. The van der Waals surface area contributed by atoms with E-state index in [1.165, 1.54) is 0 Å². The Balaban J connectivity index is 1.68. The molecule has 0 saturated carbocycles. The van der Waals surface area contributed by atoms with Crippen LogP contribution in [0, 0.1) is 0 Å². The van der Waals surface area contributed by atoms with E-state index in [-0.39, 0.29) is 13.2 Å². The van der Waals surface area contributed by atoms with Gasteiger partial charge < -0.3 is 48.7 Å². The smallest absolute Gasteiger partial charge is 0.329 e. The Labute approximate surface area is 194 Å². The summed E-state index contributed by atoms with van der Waals surface area (Å²) in [6.07, 6.45) is 0. The summed E-state index contributed by atoms with van der Waals surface area (Å²) in [5.41, 5.74) is 6.40. The Bertz CT molecular complexity index is 590. The minimum atomic E-state index is -0.994. The lowest BCUT2D eigenvalue weighted by Gasteiger charge is -2.09. The van der Waals surface area contributed by atoms with Gasteiger partial charge in [-0.2, -0.15) is 0 Å². The molecule has 1 aromatic rings. The summed E-state index contributed by atoms with van der Waals surface area (Å²) in [5.74, 6) is -0.332. The maximum Gasteiger partial charge on any atom is 0.329 e. The summed E-state index contributed by atoms with van der Waals surface area (Å²) in [6.45, 7) is 5.88. The lowest BCUT2D eigenvalue weighted by atomic mass is 10.3. The van der Waals surface area contributed by atoms with Crippen LogP contribution in [0.5, 0.6) is 5.75 Å². The van der Waals surface area contributed by atoms with E-state index in [1.807, 2.05) is 18.2 Å². The first-order valence-electron chi connectivity index (χ1n) is 10.9. The van der Waals surface area contributed by atoms with Crippen LogP contribution in [-0.2, 0) is 38.0 Å². The SMILES string of the molecule is Nc1ccccc1OCCOCCOCCOCCOCCOCCOCCOCC(=O)O. The Hall–Kier alpha value is -1.99. The fraction of sp³-hybridized carbons (Fsp3) is 0.682. The molecule has 0 aromatic heterocycles. The van der Waals surface area contributed by atoms with Crippen molar-refractivity contribution < 1.29 is 47.8 Å². The monoisotopic (exact) mass is 475 g/mol. The van der Waals surface area contributed by atoms with E-state index in [1.54, 1.807) is 6.07 Å². The maximum absolute atomic E-state index is 10.2. The number of nitrogen functional groups attached to an aromatic ring is 1. The van der Waals surface area contributed by atoms with Crippen molar-refractivity contribution in [1.82, 2.24) is 0 Å². The minimum absolute atomic E-state index is 0.245. The molecular weight excluding hydrogens is 438 g/mol. The van der Waals surface area contributed by atoms with E-state index in [9.17, 15) is 4.79 Å². The fourth-order valence-electron chi connectivity index (χ4n) is 2.30. The normalized spacial score (nSPS) is 11.0. The summed E-state index contributed by atoms with van der Waals surface area (Å²) in [4.78, 5) is 10.2. The van der Waals surface area contributed by atoms with Crippen molar-refractivity contribution in [3.8, 4) is 5.75 Å². The summed E-state index contributed by atoms with van der Waals surface area (Å²) in [6, 6.07) is 7.34. The van der Waals surface area contributed by atoms with Crippen molar-refractivity contribution in [2.45, 2.75) is 0 Å². The zero-order valence-corrected chi connectivity index (χ0v) is 19.1. The third-order valence-corrected chi connectivity index (χ3v) is 3.86. The van der Waals surface area contributed by atoms with Gasteiger partial charge in [0.15, 0.2) is 0 Å². The highest BCUT2D eigenvalue weighted by Crippen LogP contribution is 2.19. The van der Waals surface area contributed by atoms with Gasteiger partial charge in [0.2, 0.25) is 0 Å². The van der Waals surface area contributed by atoms with Crippen molar-refractivity contribution in [3.05, 3.63) is 24.3 Å². The number of nitrogens with two attached hydrogens (primary N) is 1. The zero-order valence-electron chi connectivity index (χ0n) is 19.1. The topological polar surface area (TPSA) is 137 Å². The zero-order chi connectivity index (χ0) is 23.8. The lowest BCUT2D eigenvalue weighted by Crippen LogP contribution is -2.15. The van der Waals surface area contributed by atoms with Gasteiger partial charge in [-0.15, -0.1) is 0 Å². The molecule has 0 spiro atoms. The second kappa shape index (κ2) is 21.8. The predicted octanol–water partition coefficient (Wildman–Crippen LogP) is 0.848. The standard InChI is InChI=1S/C22H37NO10/c23-20-3-1-2-4-21(20)33-18-17-31-14-13-29-10-9-27-6-5-26-7-8-28-11-12-30-15-16-32-19-22(24)25/h1-4H,5-19,23H2,(H,24,25). The number of aliphatic carboxylic acids is 1. The second-order valence-electron chi connectivity index (χ2n) is 6.51. The van der Waals surface area contributed by atoms with Gasteiger partial charge in [-0.05, 0) is 12.1 Å². The highest BCUT2D eigenvalue weighted by molar-refractivity contribution is 5.67. The number of hydrogen-bond donors (Lipinski definition) is 2. The van der Waals surface area contributed by atoms with Crippen molar-refractivity contribution in [1.29, 1.82) is 0 Å². The highest BCUT2D eigenvalue weighted by atomic mass is 16.6. The van der Waals surface area contributed by atoms with Crippen LogP contribution in [0.15, 0.2) is 24.3 Å². The van der Waals surface area contributed by atoms with Crippen LogP contribution < -0.4 is 10.5 Å². The Kier molecular flexibility index (Phi) is 19.2. The average molecular weight is 476 g/mol. The Morgan fingerprint density at radius 2 is 0.970 bits per heavy atom. The van der Waals surface area contributed by atoms with Crippen LogP contribution in [0.3, 0.4) is 0 Å². The number of carboxylic acids is 1. The van der Waals surface area contributed by atoms with E-state index in [4.69, 9.17) is 48.7 Å². The van der Waals surface area contributed by atoms with Crippen LogP contribution in [-0.4, -0.2) is 110 Å². The number of benzene rings is 1. The average Bonchev–Trinajstić information content (AvgIpc) is 2.80. The highest BCUT2D eigenvalue weighted by Gasteiger charge is 1.99. The fourth-order valence-corrected chi connectivity index (χ4v) is 2.30. The molecule has 0 heterocycles. The molecule has 0 fully saturated rings. The molecule has 0 saturated heterocycles. The lowest BCUT2D eigenvalue weighted by molar-refractivity contribution is -0.142. The number of rotatable bonds is 24. The number of anilines is 1. The predicted molar refractivity (Wildman–Crippen MR) is 120 cm³/mol. The first-order valence-corrected chi connectivity index (χ1v) is 10.9. The van der Waals surface area contributed by atoms with Crippen molar-refractivity contribution >= 4 is 11.7 Å². The minimum Gasteiger partial charge on any atom is -0.489 e. The van der Waals surface area contributed by atoms with Gasteiger partial charge in [0, 0.05) is 0 Å². The van der Waals surface area contributed by atoms with Gasteiger partial charge in [-0.3, -0.25) is 0 Å². The van der Waals surface area contributed by atoms with Gasteiger partial charge in [-0.25, -0.2) is 4.79 Å². The summed E-state index contributed by atoms with van der Waals surface area (Å²) < 4.78 is 42.6. The first-order chi connectivity index (χ1) is 16.2. The molecule has 0 aliphatic rings.